The van der Waals surface area contributed by atoms with Gasteiger partial charge in [0.2, 0.25) is 0 Å². The van der Waals surface area contributed by atoms with Crippen molar-refractivity contribution in [1.82, 2.24) is 9.78 Å². The minimum Gasteiger partial charge on any atom is -0.491 e. The number of aromatic nitrogens is 2. The number of amides is 1. The fourth-order valence-corrected chi connectivity index (χ4v) is 3.91. The van der Waals surface area contributed by atoms with Crippen molar-refractivity contribution < 1.29 is 14.3 Å². The summed E-state index contributed by atoms with van der Waals surface area (Å²) in [7, 11) is 0. The Kier molecular flexibility index (Phi) is 6.59. The van der Waals surface area contributed by atoms with Crippen molar-refractivity contribution in [3.63, 3.8) is 0 Å². The molecule has 0 spiro atoms. The molecule has 1 aliphatic heterocycles. The van der Waals surface area contributed by atoms with Crippen molar-refractivity contribution >= 4 is 23.2 Å². The first-order valence-corrected chi connectivity index (χ1v) is 10.9. The number of halogens is 1. The van der Waals surface area contributed by atoms with Crippen LogP contribution in [0.4, 0.5) is 5.69 Å². The second-order valence-electron chi connectivity index (χ2n) is 7.92. The quantitative estimate of drug-likeness (QED) is 0.531. The standard InChI is InChI=1S/C24H26ClN3O3/c1-16(2)23-22(14-26-28(23)19-8-3-6-17(25)12-19)24(29)27-18-7-4-9-20(13-18)31-15-21-10-5-11-30-21/h3-4,6-9,12-14,16,21H,5,10-11,15H2,1-2H3,(H,27,29). The van der Waals surface area contributed by atoms with Gasteiger partial charge in [-0.2, -0.15) is 5.10 Å². The summed E-state index contributed by atoms with van der Waals surface area (Å²) in [6.07, 6.45) is 3.84. The van der Waals surface area contributed by atoms with Gasteiger partial charge in [0, 0.05) is 23.4 Å². The first-order chi connectivity index (χ1) is 15.0. The van der Waals surface area contributed by atoms with Gasteiger partial charge in [0.25, 0.3) is 5.91 Å². The Morgan fingerprint density at radius 1 is 1.29 bits per heavy atom. The van der Waals surface area contributed by atoms with E-state index in [1.807, 2.05) is 62.4 Å². The molecule has 0 aliphatic carbocycles. The SMILES string of the molecule is CC(C)c1c(C(=O)Nc2cccc(OCC3CCCO3)c2)cnn1-c1cccc(Cl)c1. The molecule has 162 valence electrons. The Morgan fingerprint density at radius 3 is 2.87 bits per heavy atom. The van der Waals surface area contributed by atoms with E-state index in [9.17, 15) is 4.79 Å². The van der Waals surface area contributed by atoms with Crippen LogP contribution in [0.3, 0.4) is 0 Å². The van der Waals surface area contributed by atoms with Gasteiger partial charge in [0.05, 0.1) is 29.2 Å². The molecule has 0 radical (unpaired) electrons. The molecule has 1 N–H and O–H groups in total. The lowest BCUT2D eigenvalue weighted by atomic mass is 10.0. The summed E-state index contributed by atoms with van der Waals surface area (Å²) in [6, 6.07) is 14.8. The largest absolute Gasteiger partial charge is 0.491 e. The lowest BCUT2D eigenvalue weighted by Crippen LogP contribution is -2.17. The molecule has 2 heterocycles. The number of rotatable bonds is 7. The number of carbonyl (C=O) groups is 1. The molecule has 2 aromatic carbocycles. The maximum absolute atomic E-state index is 13.1. The third-order valence-corrected chi connectivity index (χ3v) is 5.44. The van der Waals surface area contributed by atoms with Crippen LogP contribution < -0.4 is 10.1 Å². The third-order valence-electron chi connectivity index (χ3n) is 5.20. The summed E-state index contributed by atoms with van der Waals surface area (Å²) in [6.45, 7) is 5.38. The van der Waals surface area contributed by atoms with E-state index in [1.54, 1.807) is 10.9 Å². The molecule has 0 saturated carbocycles. The van der Waals surface area contributed by atoms with Gasteiger partial charge in [-0.15, -0.1) is 0 Å². The van der Waals surface area contributed by atoms with E-state index < -0.39 is 0 Å². The number of hydrogen-bond acceptors (Lipinski definition) is 4. The molecule has 6 nitrogen and oxygen atoms in total. The van der Waals surface area contributed by atoms with Crippen molar-refractivity contribution in [2.45, 2.75) is 38.7 Å². The average Bonchev–Trinajstić information content (AvgIpc) is 3.42. The van der Waals surface area contributed by atoms with Gasteiger partial charge in [0.1, 0.15) is 12.4 Å². The van der Waals surface area contributed by atoms with Crippen LogP contribution in [0.25, 0.3) is 5.69 Å². The van der Waals surface area contributed by atoms with Crippen LogP contribution in [0.5, 0.6) is 5.75 Å². The van der Waals surface area contributed by atoms with E-state index in [4.69, 9.17) is 21.1 Å². The van der Waals surface area contributed by atoms with Gasteiger partial charge in [0.15, 0.2) is 0 Å². The first kappa shape index (κ1) is 21.4. The van der Waals surface area contributed by atoms with Crippen molar-refractivity contribution in [3.8, 4) is 11.4 Å². The average molecular weight is 440 g/mol. The Labute approximate surface area is 187 Å². The second kappa shape index (κ2) is 9.54. The molecule has 7 heteroatoms. The van der Waals surface area contributed by atoms with Gasteiger partial charge < -0.3 is 14.8 Å². The molecule has 1 fully saturated rings. The van der Waals surface area contributed by atoms with Crippen LogP contribution in [0, 0.1) is 0 Å². The minimum atomic E-state index is -0.215. The number of ether oxygens (including phenoxy) is 2. The summed E-state index contributed by atoms with van der Waals surface area (Å²) in [5.41, 5.74) is 2.84. The van der Waals surface area contributed by atoms with Crippen molar-refractivity contribution in [3.05, 3.63) is 71.0 Å². The number of hydrogen-bond donors (Lipinski definition) is 1. The Morgan fingerprint density at radius 2 is 2.13 bits per heavy atom. The molecule has 31 heavy (non-hydrogen) atoms. The topological polar surface area (TPSA) is 65.4 Å². The monoisotopic (exact) mass is 439 g/mol. The summed E-state index contributed by atoms with van der Waals surface area (Å²) in [5, 5.41) is 8.05. The Hall–Kier alpha value is -2.83. The Balaban J connectivity index is 1.51. The van der Waals surface area contributed by atoms with Crippen LogP contribution in [-0.4, -0.2) is 35.0 Å². The zero-order valence-corrected chi connectivity index (χ0v) is 18.4. The smallest absolute Gasteiger partial charge is 0.259 e. The van der Waals surface area contributed by atoms with Gasteiger partial charge >= 0.3 is 0 Å². The van der Waals surface area contributed by atoms with E-state index >= 15 is 0 Å². The molecule has 1 saturated heterocycles. The minimum absolute atomic E-state index is 0.0864. The second-order valence-corrected chi connectivity index (χ2v) is 8.35. The molecule has 1 aliphatic rings. The van der Waals surface area contributed by atoms with Gasteiger partial charge in [-0.1, -0.05) is 37.6 Å². The van der Waals surface area contributed by atoms with Crippen LogP contribution in [0.15, 0.2) is 54.7 Å². The van der Waals surface area contributed by atoms with Crippen LogP contribution in [0.1, 0.15) is 48.7 Å². The molecule has 1 atom stereocenters. The molecule has 1 aromatic heterocycles. The normalized spacial score (nSPS) is 15.9. The maximum atomic E-state index is 13.1. The number of carbonyl (C=O) groups excluding carboxylic acids is 1. The van der Waals surface area contributed by atoms with Gasteiger partial charge in [-0.05, 0) is 49.1 Å². The van der Waals surface area contributed by atoms with Gasteiger partial charge in [-0.25, -0.2) is 4.68 Å². The zero-order valence-electron chi connectivity index (χ0n) is 17.7. The lowest BCUT2D eigenvalue weighted by molar-refractivity contribution is 0.0680. The van der Waals surface area contributed by atoms with Gasteiger partial charge in [-0.3, -0.25) is 4.79 Å². The number of benzene rings is 2. The summed E-state index contributed by atoms with van der Waals surface area (Å²) >= 11 is 6.15. The Bertz CT molecular complexity index is 1060. The molecule has 4 rings (SSSR count). The highest BCUT2D eigenvalue weighted by Crippen LogP contribution is 2.26. The molecule has 1 amide bonds. The first-order valence-electron chi connectivity index (χ1n) is 10.5. The highest BCUT2D eigenvalue weighted by atomic mass is 35.5. The van der Waals surface area contributed by atoms with Crippen LogP contribution in [0.2, 0.25) is 5.02 Å². The van der Waals surface area contributed by atoms with E-state index in [0.29, 0.717) is 28.6 Å². The maximum Gasteiger partial charge on any atom is 0.259 e. The number of nitrogens with zero attached hydrogens (tertiary/aromatic N) is 2. The van der Waals surface area contributed by atoms with E-state index in [0.717, 1.165) is 30.8 Å². The van der Waals surface area contributed by atoms with Crippen molar-refractivity contribution in [1.29, 1.82) is 0 Å². The fourth-order valence-electron chi connectivity index (χ4n) is 3.73. The highest BCUT2D eigenvalue weighted by molar-refractivity contribution is 6.30. The number of anilines is 1. The van der Waals surface area contributed by atoms with E-state index in [2.05, 4.69) is 10.4 Å². The molecular weight excluding hydrogens is 414 g/mol. The third kappa shape index (κ3) is 5.09. The van der Waals surface area contributed by atoms with E-state index in [1.165, 1.54) is 0 Å². The number of nitrogens with one attached hydrogen (secondary N) is 1. The van der Waals surface area contributed by atoms with Crippen LogP contribution in [-0.2, 0) is 4.74 Å². The van der Waals surface area contributed by atoms with Crippen molar-refractivity contribution in [2.24, 2.45) is 0 Å². The predicted octanol–water partition coefficient (Wildman–Crippen LogP) is 5.46. The molecular formula is C24H26ClN3O3. The summed E-state index contributed by atoms with van der Waals surface area (Å²) < 4.78 is 13.2. The predicted molar refractivity (Wildman–Crippen MR) is 122 cm³/mol. The molecule has 3 aromatic rings. The summed E-state index contributed by atoms with van der Waals surface area (Å²) in [5.74, 6) is 0.573. The van der Waals surface area contributed by atoms with Crippen molar-refractivity contribution in [2.75, 3.05) is 18.5 Å². The van der Waals surface area contributed by atoms with E-state index in [-0.39, 0.29) is 17.9 Å². The van der Waals surface area contributed by atoms with Crippen LogP contribution >= 0.6 is 11.6 Å². The highest BCUT2D eigenvalue weighted by Gasteiger charge is 2.21. The fraction of sp³-hybridized carbons (Fsp3) is 0.333. The molecule has 1 unspecified atom stereocenters. The summed E-state index contributed by atoms with van der Waals surface area (Å²) in [4.78, 5) is 13.1. The zero-order chi connectivity index (χ0) is 21.8. The molecule has 0 bridgehead atoms. The lowest BCUT2D eigenvalue weighted by Gasteiger charge is -2.14.